The van der Waals surface area contributed by atoms with E-state index in [0.29, 0.717) is 55.9 Å². The molecule has 3 heterocycles. The molecule has 0 spiro atoms. The Morgan fingerprint density at radius 1 is 0.860 bits per heavy atom. The largest absolute Gasteiger partial charge is 0.385 e. The average molecular weight is 701 g/mol. The quantitative estimate of drug-likeness (QED) is 0.178. The lowest BCUT2D eigenvalue weighted by Gasteiger charge is -2.40. The zero-order chi connectivity index (χ0) is 35.1. The van der Waals surface area contributed by atoms with E-state index in [1.54, 1.807) is 65.8 Å². The fourth-order valence-electron chi connectivity index (χ4n) is 7.55. The Morgan fingerprint density at radius 3 is 2.06 bits per heavy atom. The highest BCUT2D eigenvalue weighted by Crippen LogP contribution is 2.38. The summed E-state index contributed by atoms with van der Waals surface area (Å²) in [5.41, 5.74) is 1.22. The second kappa shape index (κ2) is 15.8. The maximum Gasteiger partial charge on any atom is 0.254 e. The molecule has 1 aromatic heterocycles. The van der Waals surface area contributed by atoms with E-state index < -0.39 is 17.1 Å². The maximum absolute atomic E-state index is 14.3. The molecule has 0 aliphatic carbocycles. The third kappa shape index (κ3) is 8.06. The number of rotatable bonds is 11. The summed E-state index contributed by atoms with van der Waals surface area (Å²) >= 11 is 6.07. The fraction of sp³-hybridized carbons (Fsp3) is 0.375. The highest BCUT2D eigenvalue weighted by Gasteiger charge is 2.39. The van der Waals surface area contributed by atoms with Crippen molar-refractivity contribution in [2.75, 3.05) is 32.7 Å². The molecule has 3 aromatic carbocycles. The minimum Gasteiger partial charge on any atom is -0.385 e. The van der Waals surface area contributed by atoms with Gasteiger partial charge in [0.1, 0.15) is 17.7 Å². The second-order valence-electron chi connectivity index (χ2n) is 13.5. The number of likely N-dealkylation sites (tertiary alicyclic amines) is 2. The van der Waals surface area contributed by atoms with Crippen molar-refractivity contribution in [1.29, 1.82) is 0 Å². The van der Waals surface area contributed by atoms with Gasteiger partial charge in [0, 0.05) is 54.6 Å². The number of nitrogens with one attached hydrogen (secondary N) is 1. The molecule has 2 aliphatic rings. The summed E-state index contributed by atoms with van der Waals surface area (Å²) in [5.74, 6) is -1.21. The standard InChI is InChI=1S/C40H43ClF2N4O3/c41-33-11-5-32(6-12-33)40(50)20-26-46(27-21-40)24-3-19-39(30-7-13-34(42)14-8-30,31-9-15-35(43)16-10-31)28-45-37(48)36-4-1-2-25-47(36)38(49)29-17-22-44-23-18-29/h5-18,22-23,36,50H,1-4,19-21,24-28H2,(H,45,48). The molecule has 2 N–H and O–H groups in total. The summed E-state index contributed by atoms with van der Waals surface area (Å²) in [7, 11) is 0. The van der Waals surface area contributed by atoms with Gasteiger partial charge in [-0.2, -0.15) is 0 Å². The third-order valence-corrected chi connectivity index (χ3v) is 10.7. The van der Waals surface area contributed by atoms with Gasteiger partial charge in [-0.05, 0) is 117 Å². The van der Waals surface area contributed by atoms with Crippen molar-refractivity contribution in [3.8, 4) is 0 Å². The topological polar surface area (TPSA) is 85.8 Å². The van der Waals surface area contributed by atoms with Crippen molar-refractivity contribution >= 4 is 23.4 Å². The van der Waals surface area contributed by atoms with Crippen molar-refractivity contribution in [1.82, 2.24) is 20.1 Å². The number of carbonyl (C=O) groups is 2. The number of nitrogens with zero attached hydrogens (tertiary/aromatic N) is 3. The molecule has 2 amide bonds. The molecule has 4 aromatic rings. The van der Waals surface area contributed by atoms with E-state index >= 15 is 0 Å². The Labute approximate surface area is 297 Å². The monoisotopic (exact) mass is 700 g/mol. The van der Waals surface area contributed by atoms with Crippen molar-refractivity contribution < 1.29 is 23.5 Å². The van der Waals surface area contributed by atoms with Crippen LogP contribution in [0.15, 0.2) is 97.3 Å². The van der Waals surface area contributed by atoms with Gasteiger partial charge in [0.2, 0.25) is 5.91 Å². The molecule has 10 heteroatoms. The number of aromatic nitrogens is 1. The average Bonchev–Trinajstić information content (AvgIpc) is 3.15. The second-order valence-corrected chi connectivity index (χ2v) is 14.0. The number of amides is 2. The first-order valence-electron chi connectivity index (χ1n) is 17.4. The van der Waals surface area contributed by atoms with E-state index in [1.807, 2.05) is 12.1 Å². The zero-order valence-corrected chi connectivity index (χ0v) is 28.8. The van der Waals surface area contributed by atoms with Gasteiger partial charge in [0.25, 0.3) is 5.91 Å². The van der Waals surface area contributed by atoms with E-state index in [0.717, 1.165) is 42.5 Å². The van der Waals surface area contributed by atoms with E-state index in [2.05, 4.69) is 15.2 Å². The molecule has 1 atom stereocenters. The highest BCUT2D eigenvalue weighted by molar-refractivity contribution is 6.30. The van der Waals surface area contributed by atoms with Crippen LogP contribution >= 0.6 is 11.6 Å². The van der Waals surface area contributed by atoms with Crippen LogP contribution in [-0.4, -0.2) is 70.5 Å². The van der Waals surface area contributed by atoms with Gasteiger partial charge in [-0.25, -0.2) is 8.78 Å². The normalized spacial score (nSPS) is 18.1. The van der Waals surface area contributed by atoms with Gasteiger partial charge < -0.3 is 20.2 Å². The predicted octanol–water partition coefficient (Wildman–Crippen LogP) is 6.87. The van der Waals surface area contributed by atoms with Crippen molar-refractivity contribution in [3.05, 3.63) is 136 Å². The summed E-state index contributed by atoms with van der Waals surface area (Å²) in [6, 6.07) is 22.6. The molecule has 7 nitrogen and oxygen atoms in total. The van der Waals surface area contributed by atoms with Crippen LogP contribution in [0.4, 0.5) is 8.78 Å². The molecule has 50 heavy (non-hydrogen) atoms. The summed E-state index contributed by atoms with van der Waals surface area (Å²) in [6.45, 7) is 2.81. The Kier molecular flexibility index (Phi) is 11.3. The molecule has 0 bridgehead atoms. The Hall–Kier alpha value is -4.18. The SMILES string of the molecule is O=C(NCC(CCCN1CCC(O)(c2ccc(Cl)cc2)CC1)(c1ccc(F)cc1)c1ccc(F)cc1)C1CCCCN1C(=O)c1ccncc1. The molecular weight excluding hydrogens is 658 g/mol. The van der Waals surface area contributed by atoms with Crippen LogP contribution in [0.25, 0.3) is 0 Å². The van der Waals surface area contributed by atoms with Gasteiger partial charge in [0.15, 0.2) is 0 Å². The van der Waals surface area contributed by atoms with Crippen molar-refractivity contribution in [2.45, 2.75) is 62.0 Å². The molecular formula is C40H43ClF2N4O3. The van der Waals surface area contributed by atoms with Gasteiger partial charge in [-0.3, -0.25) is 14.6 Å². The fourth-order valence-corrected chi connectivity index (χ4v) is 7.67. The molecule has 2 saturated heterocycles. The number of hydrogen-bond acceptors (Lipinski definition) is 5. The molecule has 2 fully saturated rings. The maximum atomic E-state index is 14.3. The van der Waals surface area contributed by atoms with Crippen LogP contribution in [0.5, 0.6) is 0 Å². The smallest absolute Gasteiger partial charge is 0.254 e. The van der Waals surface area contributed by atoms with Crippen LogP contribution < -0.4 is 5.32 Å². The Morgan fingerprint density at radius 2 is 1.46 bits per heavy atom. The van der Waals surface area contributed by atoms with Gasteiger partial charge >= 0.3 is 0 Å². The van der Waals surface area contributed by atoms with Crippen LogP contribution in [-0.2, 0) is 15.8 Å². The van der Waals surface area contributed by atoms with Crippen LogP contribution in [0.1, 0.15) is 72.0 Å². The number of piperidine rings is 2. The first-order valence-corrected chi connectivity index (χ1v) is 17.8. The number of pyridine rings is 1. The molecule has 262 valence electrons. The summed E-state index contributed by atoms with van der Waals surface area (Å²) < 4.78 is 28.5. The van der Waals surface area contributed by atoms with Crippen molar-refractivity contribution in [3.63, 3.8) is 0 Å². The summed E-state index contributed by atoms with van der Waals surface area (Å²) in [4.78, 5) is 35.5. The van der Waals surface area contributed by atoms with Crippen molar-refractivity contribution in [2.24, 2.45) is 0 Å². The Balaban J connectivity index is 1.21. The zero-order valence-electron chi connectivity index (χ0n) is 28.0. The number of benzene rings is 3. The lowest BCUT2D eigenvalue weighted by molar-refractivity contribution is -0.126. The van der Waals surface area contributed by atoms with Crippen LogP contribution in [0.3, 0.4) is 0 Å². The molecule has 0 saturated carbocycles. The third-order valence-electron chi connectivity index (χ3n) is 10.5. The minimum absolute atomic E-state index is 0.174. The number of carbonyl (C=O) groups excluding carboxylic acids is 2. The van der Waals surface area contributed by atoms with Gasteiger partial charge in [-0.1, -0.05) is 48.0 Å². The Bertz CT molecular complexity index is 1690. The highest BCUT2D eigenvalue weighted by atomic mass is 35.5. The number of halogens is 3. The number of hydrogen-bond donors (Lipinski definition) is 2. The van der Waals surface area contributed by atoms with E-state index in [4.69, 9.17) is 11.6 Å². The predicted molar refractivity (Wildman–Crippen MR) is 190 cm³/mol. The van der Waals surface area contributed by atoms with Gasteiger partial charge in [0.05, 0.1) is 5.60 Å². The van der Waals surface area contributed by atoms with Crippen LogP contribution in [0, 0.1) is 11.6 Å². The first-order chi connectivity index (χ1) is 24.2. The molecule has 6 rings (SSSR count). The molecule has 2 aliphatic heterocycles. The first kappa shape index (κ1) is 35.6. The molecule has 0 radical (unpaired) electrons. The lowest BCUT2D eigenvalue weighted by Crippen LogP contribution is -2.54. The van der Waals surface area contributed by atoms with E-state index in [9.17, 15) is 23.5 Å². The lowest BCUT2D eigenvalue weighted by atomic mass is 9.71. The van der Waals surface area contributed by atoms with E-state index in [1.165, 1.54) is 24.3 Å². The van der Waals surface area contributed by atoms with Gasteiger partial charge in [-0.15, -0.1) is 0 Å². The number of aliphatic hydroxyl groups is 1. The molecule has 1 unspecified atom stereocenters. The minimum atomic E-state index is -0.914. The summed E-state index contributed by atoms with van der Waals surface area (Å²) in [6.07, 6.45) is 7.77. The van der Waals surface area contributed by atoms with Crippen LogP contribution in [0.2, 0.25) is 5.02 Å². The van der Waals surface area contributed by atoms with E-state index in [-0.39, 0.29) is 30.0 Å². The summed E-state index contributed by atoms with van der Waals surface area (Å²) in [5, 5.41) is 15.2.